The SMILES string of the molecule is C\C=C/N=C(/C=C(\C)CC)C(=O)NC(SC)C1CCCCC1. The molecule has 3 nitrogen and oxygen atoms in total. The fourth-order valence-electron chi connectivity index (χ4n) is 2.66. The summed E-state index contributed by atoms with van der Waals surface area (Å²) < 4.78 is 0. The third-order valence-corrected chi connectivity index (χ3v) is 5.15. The first-order valence-electron chi connectivity index (χ1n) is 8.32. The predicted molar refractivity (Wildman–Crippen MR) is 98.3 cm³/mol. The van der Waals surface area contributed by atoms with Gasteiger partial charge in [0, 0.05) is 6.20 Å². The summed E-state index contributed by atoms with van der Waals surface area (Å²) in [4.78, 5) is 16.9. The molecule has 0 aromatic rings. The van der Waals surface area contributed by atoms with E-state index in [1.165, 1.54) is 32.1 Å². The van der Waals surface area contributed by atoms with Gasteiger partial charge in [-0.25, -0.2) is 0 Å². The van der Waals surface area contributed by atoms with Crippen LogP contribution in [0.25, 0.3) is 0 Å². The Morgan fingerprint density at radius 2 is 2.05 bits per heavy atom. The first-order chi connectivity index (χ1) is 10.6. The lowest BCUT2D eigenvalue weighted by atomic mass is 9.89. The topological polar surface area (TPSA) is 41.5 Å². The quantitative estimate of drug-likeness (QED) is 0.545. The average molecular weight is 323 g/mol. The molecule has 1 amide bonds. The molecule has 1 N–H and O–H groups in total. The standard InChI is InChI=1S/C18H30N2OS/c1-5-12-19-16(13-14(3)6-2)17(21)20-18(22-4)15-10-8-7-9-11-15/h5,12-13,15,18H,6-11H2,1-4H3,(H,20,21)/b12-5-,14-13+,19-16-. The Balaban J connectivity index is 2.79. The summed E-state index contributed by atoms with van der Waals surface area (Å²) in [7, 11) is 0. The molecule has 0 bridgehead atoms. The third kappa shape index (κ3) is 6.39. The minimum atomic E-state index is -0.0594. The van der Waals surface area contributed by atoms with Crippen LogP contribution >= 0.6 is 11.8 Å². The first-order valence-corrected chi connectivity index (χ1v) is 9.60. The molecular weight excluding hydrogens is 292 g/mol. The maximum atomic E-state index is 12.6. The molecule has 0 aromatic carbocycles. The predicted octanol–water partition coefficient (Wildman–Crippen LogP) is 4.70. The van der Waals surface area contributed by atoms with E-state index >= 15 is 0 Å². The number of thioether (sulfide) groups is 1. The van der Waals surface area contributed by atoms with E-state index in [4.69, 9.17) is 0 Å². The first kappa shape index (κ1) is 19.0. The molecule has 0 heterocycles. The summed E-state index contributed by atoms with van der Waals surface area (Å²) in [5.41, 5.74) is 1.67. The maximum Gasteiger partial charge on any atom is 0.270 e. The van der Waals surface area contributed by atoms with Crippen LogP contribution in [0.3, 0.4) is 0 Å². The normalized spacial score (nSPS) is 19.5. The molecule has 1 rings (SSSR count). The molecule has 1 aliphatic carbocycles. The number of aliphatic imine (C=N–C) groups is 1. The van der Waals surface area contributed by atoms with Gasteiger partial charge in [-0.2, -0.15) is 0 Å². The minimum absolute atomic E-state index is 0.0594. The summed E-state index contributed by atoms with van der Waals surface area (Å²) in [6, 6.07) is 0. The maximum absolute atomic E-state index is 12.6. The lowest BCUT2D eigenvalue weighted by molar-refractivity contribution is -0.115. The van der Waals surface area contributed by atoms with E-state index in [-0.39, 0.29) is 11.3 Å². The van der Waals surface area contributed by atoms with Crippen LogP contribution in [0.4, 0.5) is 0 Å². The van der Waals surface area contributed by atoms with E-state index in [9.17, 15) is 4.79 Å². The van der Waals surface area contributed by atoms with Crippen molar-refractivity contribution in [3.63, 3.8) is 0 Å². The highest BCUT2D eigenvalue weighted by atomic mass is 32.2. The largest absolute Gasteiger partial charge is 0.339 e. The Bertz CT molecular complexity index is 434. The Morgan fingerprint density at radius 1 is 1.36 bits per heavy atom. The van der Waals surface area contributed by atoms with E-state index in [1.54, 1.807) is 18.0 Å². The van der Waals surface area contributed by atoms with Crippen molar-refractivity contribution in [3.8, 4) is 0 Å². The number of hydrogen-bond acceptors (Lipinski definition) is 3. The van der Waals surface area contributed by atoms with Crippen LogP contribution in [-0.2, 0) is 4.79 Å². The van der Waals surface area contributed by atoms with E-state index in [0.717, 1.165) is 12.0 Å². The summed E-state index contributed by atoms with van der Waals surface area (Å²) in [5, 5.41) is 3.38. The zero-order chi connectivity index (χ0) is 16.4. The molecule has 0 saturated heterocycles. The number of carbonyl (C=O) groups excluding carboxylic acids is 1. The number of hydrogen-bond donors (Lipinski definition) is 1. The van der Waals surface area contributed by atoms with Gasteiger partial charge in [0.2, 0.25) is 0 Å². The zero-order valence-corrected chi connectivity index (χ0v) is 15.2. The van der Waals surface area contributed by atoms with E-state index in [1.807, 2.05) is 26.0 Å². The lowest BCUT2D eigenvalue weighted by Crippen LogP contribution is -2.41. The highest BCUT2D eigenvalue weighted by molar-refractivity contribution is 7.99. The molecule has 124 valence electrons. The van der Waals surface area contributed by atoms with Crippen molar-refractivity contribution < 1.29 is 4.79 Å². The van der Waals surface area contributed by atoms with Gasteiger partial charge in [-0.3, -0.25) is 9.79 Å². The molecule has 1 saturated carbocycles. The van der Waals surface area contributed by atoms with Crippen LogP contribution in [0, 0.1) is 5.92 Å². The van der Waals surface area contributed by atoms with Gasteiger partial charge in [0.15, 0.2) is 0 Å². The molecule has 0 radical (unpaired) electrons. The molecular formula is C18H30N2OS. The highest BCUT2D eigenvalue weighted by Gasteiger charge is 2.25. The highest BCUT2D eigenvalue weighted by Crippen LogP contribution is 2.30. The molecule has 1 aliphatic rings. The van der Waals surface area contributed by atoms with Gasteiger partial charge in [0.1, 0.15) is 5.71 Å². The van der Waals surface area contributed by atoms with Crippen molar-refractivity contribution >= 4 is 23.4 Å². The molecule has 0 aromatic heterocycles. The number of nitrogens with zero attached hydrogens (tertiary/aromatic N) is 1. The average Bonchev–Trinajstić information content (AvgIpc) is 2.56. The number of carbonyl (C=O) groups is 1. The summed E-state index contributed by atoms with van der Waals surface area (Å²) in [6.45, 7) is 6.03. The van der Waals surface area contributed by atoms with Gasteiger partial charge in [-0.1, -0.05) is 37.8 Å². The minimum Gasteiger partial charge on any atom is -0.339 e. The number of allylic oxidation sites excluding steroid dienone is 2. The van der Waals surface area contributed by atoms with Crippen molar-refractivity contribution in [2.75, 3.05) is 6.26 Å². The second kappa shape index (κ2) is 10.7. The van der Waals surface area contributed by atoms with Crippen LogP contribution < -0.4 is 5.32 Å². The van der Waals surface area contributed by atoms with E-state index < -0.39 is 0 Å². The lowest BCUT2D eigenvalue weighted by Gasteiger charge is -2.29. The second-order valence-corrected chi connectivity index (χ2v) is 6.85. The molecule has 1 fully saturated rings. The molecule has 1 atom stereocenters. The Morgan fingerprint density at radius 3 is 2.59 bits per heavy atom. The van der Waals surface area contributed by atoms with Gasteiger partial charge < -0.3 is 5.32 Å². The van der Waals surface area contributed by atoms with Gasteiger partial charge in [0.05, 0.1) is 5.37 Å². The van der Waals surface area contributed by atoms with E-state index in [2.05, 4.69) is 23.5 Å². The van der Waals surface area contributed by atoms with Crippen molar-refractivity contribution in [1.29, 1.82) is 0 Å². The summed E-state index contributed by atoms with van der Waals surface area (Å²) >= 11 is 1.75. The van der Waals surface area contributed by atoms with Crippen LogP contribution in [0.5, 0.6) is 0 Å². The second-order valence-electron chi connectivity index (χ2n) is 5.87. The Kier molecular flexibility index (Phi) is 9.21. The van der Waals surface area contributed by atoms with Crippen LogP contribution in [0.15, 0.2) is 28.9 Å². The zero-order valence-electron chi connectivity index (χ0n) is 14.4. The molecule has 4 heteroatoms. The van der Waals surface area contributed by atoms with Crippen LogP contribution in [-0.4, -0.2) is 23.2 Å². The van der Waals surface area contributed by atoms with Gasteiger partial charge in [-0.15, -0.1) is 11.8 Å². The Labute approximate surface area is 139 Å². The smallest absolute Gasteiger partial charge is 0.270 e. The molecule has 1 unspecified atom stereocenters. The fourth-order valence-corrected chi connectivity index (χ4v) is 3.54. The summed E-state index contributed by atoms with van der Waals surface area (Å²) in [6.07, 6.45) is 14.8. The summed E-state index contributed by atoms with van der Waals surface area (Å²) in [5.74, 6) is 0.530. The number of amides is 1. The Hall–Kier alpha value is -1.03. The fraction of sp³-hybridized carbons (Fsp3) is 0.667. The van der Waals surface area contributed by atoms with Crippen molar-refractivity contribution in [2.24, 2.45) is 10.9 Å². The monoisotopic (exact) mass is 322 g/mol. The molecule has 22 heavy (non-hydrogen) atoms. The van der Waals surface area contributed by atoms with Crippen molar-refractivity contribution in [3.05, 3.63) is 23.9 Å². The molecule has 0 spiro atoms. The number of nitrogens with one attached hydrogen (secondary N) is 1. The number of rotatable bonds is 7. The van der Waals surface area contributed by atoms with Gasteiger partial charge >= 0.3 is 0 Å². The van der Waals surface area contributed by atoms with Crippen LogP contribution in [0.1, 0.15) is 59.3 Å². The third-order valence-electron chi connectivity index (χ3n) is 4.14. The van der Waals surface area contributed by atoms with Crippen LogP contribution in [0.2, 0.25) is 0 Å². The van der Waals surface area contributed by atoms with E-state index in [0.29, 0.717) is 11.6 Å². The molecule has 0 aliphatic heterocycles. The van der Waals surface area contributed by atoms with Crippen molar-refractivity contribution in [2.45, 2.75) is 64.7 Å². The van der Waals surface area contributed by atoms with Crippen molar-refractivity contribution in [1.82, 2.24) is 5.32 Å². The van der Waals surface area contributed by atoms with Gasteiger partial charge in [0.25, 0.3) is 5.91 Å². The van der Waals surface area contributed by atoms with Gasteiger partial charge in [-0.05, 0) is 51.4 Å².